The number of likely N-dealkylation sites (N-methyl/N-ethyl adjacent to an activating group) is 1. The predicted molar refractivity (Wildman–Crippen MR) is 143 cm³/mol. The zero-order valence-corrected chi connectivity index (χ0v) is 22.5. The summed E-state index contributed by atoms with van der Waals surface area (Å²) < 4.78 is 43.7. The molecule has 0 N–H and O–H groups in total. The van der Waals surface area contributed by atoms with Crippen molar-refractivity contribution in [2.24, 2.45) is 0 Å². The monoisotopic (exact) mass is 551 g/mol. The first-order valence-corrected chi connectivity index (χ1v) is 12.7. The molecule has 0 aromatic heterocycles. The molecule has 0 fully saturated rings. The molecular weight excluding hydrogens is 522 g/mol. The molecule has 0 unspecified atom stereocenters. The van der Waals surface area contributed by atoms with Gasteiger partial charge in [0.25, 0.3) is 5.78 Å². The Hall–Kier alpha value is -2.54. The molecule has 0 aliphatic carbocycles. The van der Waals surface area contributed by atoms with Gasteiger partial charge in [0.2, 0.25) is 0 Å². The molecule has 0 radical (unpaired) electrons. The first-order valence-electron chi connectivity index (χ1n) is 11.9. The van der Waals surface area contributed by atoms with Gasteiger partial charge in [0.15, 0.2) is 5.60 Å². The number of nitrogens with zero attached hydrogens (tertiary/aromatic N) is 1. The summed E-state index contributed by atoms with van der Waals surface area (Å²) in [6, 6.07) is 22.6. The summed E-state index contributed by atoms with van der Waals surface area (Å²) in [5, 5.41) is 1.39. The van der Waals surface area contributed by atoms with Gasteiger partial charge in [-0.3, -0.25) is 4.79 Å². The standard InChI is InChI=1S/C29H30Cl2F3NO2/c1-28(2,27(36)29(32,33)34)37-25-16-6-20(7-17-25)5-4-18-35(3)19-26(21-8-12-23(30)13-9-21)22-10-14-24(31)15-11-22/h6-17,26H,4-5,18-19H2,1-3H3. The predicted octanol–water partition coefficient (Wildman–Crippen LogP) is 7.98. The number of Topliss-reactive ketones (excluding diaryl/α,β-unsaturated/α-hetero) is 1. The van der Waals surface area contributed by atoms with Crippen molar-refractivity contribution >= 4 is 29.0 Å². The highest BCUT2D eigenvalue weighted by Crippen LogP contribution is 2.29. The fraction of sp³-hybridized carbons (Fsp3) is 0.345. The van der Waals surface area contributed by atoms with E-state index < -0.39 is 17.6 Å². The molecule has 0 bridgehead atoms. The summed E-state index contributed by atoms with van der Waals surface area (Å²) in [5.41, 5.74) is 1.38. The van der Waals surface area contributed by atoms with E-state index in [4.69, 9.17) is 27.9 Å². The van der Waals surface area contributed by atoms with Crippen LogP contribution in [0.5, 0.6) is 5.75 Å². The maximum Gasteiger partial charge on any atom is 0.454 e. The summed E-state index contributed by atoms with van der Waals surface area (Å²) in [6.07, 6.45) is -3.26. The lowest BCUT2D eigenvalue weighted by Gasteiger charge is -2.26. The number of carbonyl (C=O) groups is 1. The third kappa shape index (κ3) is 8.49. The Balaban J connectivity index is 1.57. The van der Waals surface area contributed by atoms with E-state index in [1.54, 1.807) is 12.1 Å². The quantitative estimate of drug-likeness (QED) is 0.242. The highest BCUT2D eigenvalue weighted by atomic mass is 35.5. The SMILES string of the molecule is CN(CCCc1ccc(OC(C)(C)C(=O)C(F)(F)F)cc1)CC(c1ccc(Cl)cc1)c1ccc(Cl)cc1. The van der Waals surface area contributed by atoms with E-state index in [0.29, 0.717) is 10.0 Å². The van der Waals surface area contributed by atoms with Crippen LogP contribution in [0.1, 0.15) is 42.9 Å². The van der Waals surface area contributed by atoms with Crippen LogP contribution < -0.4 is 4.74 Å². The second-order valence-electron chi connectivity index (χ2n) is 9.60. The van der Waals surface area contributed by atoms with Crippen LogP contribution in [-0.2, 0) is 11.2 Å². The zero-order chi connectivity index (χ0) is 27.2. The largest absolute Gasteiger partial charge is 0.480 e. The molecule has 3 aromatic rings. The minimum atomic E-state index is -4.95. The van der Waals surface area contributed by atoms with Crippen LogP contribution >= 0.6 is 23.2 Å². The number of rotatable bonds is 11. The minimum Gasteiger partial charge on any atom is -0.480 e. The molecule has 0 saturated carbocycles. The van der Waals surface area contributed by atoms with Crippen molar-refractivity contribution < 1.29 is 22.7 Å². The van der Waals surface area contributed by atoms with Gasteiger partial charge in [-0.25, -0.2) is 0 Å². The van der Waals surface area contributed by atoms with Crippen molar-refractivity contribution in [1.29, 1.82) is 0 Å². The Bertz CT molecular complexity index is 1120. The van der Waals surface area contributed by atoms with Gasteiger partial charge in [-0.2, -0.15) is 13.2 Å². The molecule has 198 valence electrons. The van der Waals surface area contributed by atoms with E-state index in [0.717, 1.165) is 45.3 Å². The maximum absolute atomic E-state index is 12.8. The average molecular weight is 552 g/mol. The number of aryl methyl sites for hydroxylation is 1. The van der Waals surface area contributed by atoms with Crippen molar-refractivity contribution in [3.63, 3.8) is 0 Å². The number of benzene rings is 3. The van der Waals surface area contributed by atoms with Crippen molar-refractivity contribution in [2.75, 3.05) is 20.1 Å². The summed E-state index contributed by atoms with van der Waals surface area (Å²) in [5.74, 6) is -1.54. The molecular formula is C29H30Cl2F3NO2. The molecule has 0 heterocycles. The summed E-state index contributed by atoms with van der Waals surface area (Å²) in [6.45, 7) is 3.89. The highest BCUT2D eigenvalue weighted by Gasteiger charge is 2.49. The second kappa shape index (κ2) is 12.3. The van der Waals surface area contributed by atoms with Crippen molar-refractivity contribution in [2.45, 2.75) is 44.4 Å². The number of ketones is 1. The number of ether oxygens (including phenoxy) is 1. The van der Waals surface area contributed by atoms with Crippen molar-refractivity contribution in [3.8, 4) is 5.75 Å². The Morgan fingerprint density at radius 2 is 1.35 bits per heavy atom. The molecule has 3 nitrogen and oxygen atoms in total. The van der Waals surface area contributed by atoms with Gasteiger partial charge in [0, 0.05) is 22.5 Å². The van der Waals surface area contributed by atoms with Gasteiger partial charge in [0.05, 0.1) is 0 Å². The van der Waals surface area contributed by atoms with Crippen LogP contribution in [0.25, 0.3) is 0 Å². The van der Waals surface area contributed by atoms with E-state index in [1.807, 2.05) is 60.7 Å². The van der Waals surface area contributed by atoms with Crippen LogP contribution in [0.3, 0.4) is 0 Å². The smallest absolute Gasteiger partial charge is 0.454 e. The Morgan fingerprint density at radius 1 is 0.865 bits per heavy atom. The second-order valence-corrected chi connectivity index (χ2v) is 10.5. The van der Waals surface area contributed by atoms with Gasteiger partial charge in [-0.15, -0.1) is 0 Å². The molecule has 0 spiro atoms. The minimum absolute atomic E-state index is 0.152. The van der Waals surface area contributed by atoms with Crippen LogP contribution in [0.15, 0.2) is 72.8 Å². The van der Waals surface area contributed by atoms with E-state index in [2.05, 4.69) is 11.9 Å². The molecule has 0 amide bonds. The zero-order valence-electron chi connectivity index (χ0n) is 21.0. The van der Waals surface area contributed by atoms with Crippen LogP contribution in [0.4, 0.5) is 13.2 Å². The van der Waals surface area contributed by atoms with Gasteiger partial charge in [-0.05, 0) is 93.4 Å². The van der Waals surface area contributed by atoms with Gasteiger partial charge in [-0.1, -0.05) is 59.6 Å². The van der Waals surface area contributed by atoms with Crippen molar-refractivity contribution in [3.05, 3.63) is 99.5 Å². The van der Waals surface area contributed by atoms with Gasteiger partial charge >= 0.3 is 6.18 Å². The number of halogens is 5. The Kier molecular flexibility index (Phi) is 9.68. The number of hydrogen-bond acceptors (Lipinski definition) is 3. The lowest BCUT2D eigenvalue weighted by molar-refractivity contribution is -0.184. The first-order chi connectivity index (χ1) is 17.3. The topological polar surface area (TPSA) is 29.5 Å². The third-order valence-electron chi connectivity index (χ3n) is 6.14. The van der Waals surface area contributed by atoms with Crippen LogP contribution in [0.2, 0.25) is 10.0 Å². The molecule has 8 heteroatoms. The number of hydrogen-bond donors (Lipinski definition) is 0. The van der Waals surface area contributed by atoms with Gasteiger partial charge < -0.3 is 9.64 Å². The molecule has 0 aliphatic rings. The fourth-order valence-corrected chi connectivity index (χ4v) is 4.41. The summed E-state index contributed by atoms with van der Waals surface area (Å²) in [7, 11) is 2.08. The number of carbonyl (C=O) groups excluding carboxylic acids is 1. The lowest BCUT2D eigenvalue weighted by Crippen LogP contribution is -2.46. The average Bonchev–Trinajstić information content (AvgIpc) is 2.84. The van der Waals surface area contributed by atoms with Crippen molar-refractivity contribution in [1.82, 2.24) is 4.90 Å². The molecule has 0 saturated heterocycles. The molecule has 3 rings (SSSR count). The fourth-order valence-electron chi connectivity index (χ4n) is 4.16. The van der Waals surface area contributed by atoms with E-state index in [-0.39, 0.29) is 11.7 Å². The van der Waals surface area contributed by atoms with E-state index in [9.17, 15) is 18.0 Å². The number of alkyl halides is 3. The summed E-state index contributed by atoms with van der Waals surface area (Å²) >= 11 is 12.2. The third-order valence-corrected chi connectivity index (χ3v) is 6.65. The Morgan fingerprint density at radius 3 is 1.81 bits per heavy atom. The summed E-state index contributed by atoms with van der Waals surface area (Å²) in [4.78, 5) is 13.9. The molecule has 37 heavy (non-hydrogen) atoms. The van der Waals surface area contributed by atoms with E-state index >= 15 is 0 Å². The first kappa shape index (κ1) is 29.0. The van der Waals surface area contributed by atoms with Gasteiger partial charge in [0.1, 0.15) is 5.75 Å². The van der Waals surface area contributed by atoms with Crippen LogP contribution in [-0.4, -0.2) is 42.6 Å². The van der Waals surface area contributed by atoms with E-state index in [1.165, 1.54) is 11.1 Å². The van der Waals surface area contributed by atoms with Crippen LogP contribution in [0, 0.1) is 0 Å². The normalized spacial score (nSPS) is 12.3. The maximum atomic E-state index is 12.8. The highest BCUT2D eigenvalue weighted by molar-refractivity contribution is 6.30. The molecule has 0 atom stereocenters. The lowest BCUT2D eigenvalue weighted by atomic mass is 9.91. The Labute approximate surface area is 226 Å². The molecule has 3 aromatic carbocycles. The molecule has 0 aliphatic heterocycles.